The van der Waals surface area contributed by atoms with Gasteiger partial charge in [-0.05, 0) is 19.1 Å². The molecule has 4 nitrogen and oxygen atoms in total. The number of carbonyl (C=O) groups is 1. The molecule has 2 rings (SSSR count). The molecule has 0 bridgehead atoms. The van der Waals surface area contributed by atoms with E-state index in [1.54, 1.807) is 0 Å². The van der Waals surface area contributed by atoms with Crippen molar-refractivity contribution in [3.8, 4) is 0 Å². The van der Waals surface area contributed by atoms with Crippen molar-refractivity contribution in [3.63, 3.8) is 0 Å². The van der Waals surface area contributed by atoms with E-state index < -0.39 is 35.0 Å². The molecule has 1 fully saturated rings. The Morgan fingerprint density at radius 3 is 2.52 bits per heavy atom. The molecule has 0 heterocycles. The molecule has 0 unspecified atom stereocenters. The van der Waals surface area contributed by atoms with Gasteiger partial charge in [0.2, 0.25) is 5.91 Å². The fraction of sp³-hybridized carbons (Fsp3) is 0.588. The van der Waals surface area contributed by atoms with E-state index >= 15 is 0 Å². The molecule has 0 radical (unpaired) electrons. The van der Waals surface area contributed by atoms with Gasteiger partial charge in [-0.2, -0.15) is 0 Å². The molecule has 1 aromatic carbocycles. The predicted octanol–water partition coefficient (Wildman–Crippen LogP) is 2.19. The summed E-state index contributed by atoms with van der Waals surface area (Å²) in [5, 5.41) is 13.2. The molecule has 0 saturated heterocycles. The quantitative estimate of drug-likeness (QED) is 0.842. The van der Waals surface area contributed by atoms with Crippen LogP contribution in [-0.2, 0) is 16.0 Å². The highest BCUT2D eigenvalue weighted by molar-refractivity contribution is 5.78. The van der Waals surface area contributed by atoms with E-state index in [1.165, 1.54) is 6.07 Å². The van der Waals surface area contributed by atoms with Crippen molar-refractivity contribution in [1.82, 2.24) is 5.32 Å². The van der Waals surface area contributed by atoms with Crippen molar-refractivity contribution in [1.29, 1.82) is 0 Å². The largest absolute Gasteiger partial charge is 0.387 e. The Labute approximate surface area is 134 Å². The molecule has 0 spiro atoms. The number of hydrogen-bond acceptors (Lipinski definition) is 3. The molecule has 6 heteroatoms. The zero-order valence-corrected chi connectivity index (χ0v) is 13.7. The van der Waals surface area contributed by atoms with Gasteiger partial charge in [-0.15, -0.1) is 0 Å². The van der Waals surface area contributed by atoms with Crippen LogP contribution in [-0.4, -0.2) is 35.9 Å². The van der Waals surface area contributed by atoms with E-state index in [0.29, 0.717) is 13.0 Å². The van der Waals surface area contributed by atoms with Crippen LogP contribution in [0.5, 0.6) is 0 Å². The van der Waals surface area contributed by atoms with Crippen LogP contribution in [0.1, 0.15) is 32.8 Å². The van der Waals surface area contributed by atoms with Crippen molar-refractivity contribution >= 4 is 5.91 Å². The van der Waals surface area contributed by atoms with Crippen LogP contribution in [0.25, 0.3) is 0 Å². The number of aliphatic hydroxyl groups is 1. The van der Waals surface area contributed by atoms with Gasteiger partial charge in [0.15, 0.2) is 0 Å². The van der Waals surface area contributed by atoms with E-state index in [-0.39, 0.29) is 18.2 Å². The van der Waals surface area contributed by atoms with Crippen molar-refractivity contribution in [3.05, 3.63) is 35.4 Å². The first-order chi connectivity index (χ1) is 10.7. The minimum Gasteiger partial charge on any atom is -0.387 e. The molecule has 0 aliphatic heterocycles. The number of halogens is 2. The summed E-state index contributed by atoms with van der Waals surface area (Å²) in [6.07, 6.45) is -0.0510. The highest BCUT2D eigenvalue weighted by Crippen LogP contribution is 2.50. The van der Waals surface area contributed by atoms with E-state index in [1.807, 2.05) is 20.8 Å². The Morgan fingerprint density at radius 1 is 1.39 bits per heavy atom. The summed E-state index contributed by atoms with van der Waals surface area (Å²) >= 11 is 0. The van der Waals surface area contributed by atoms with Gasteiger partial charge in [-0.1, -0.05) is 19.9 Å². The molecular formula is C17H23F2NO3. The zero-order chi connectivity index (χ0) is 17.3. The fourth-order valence-corrected chi connectivity index (χ4v) is 2.93. The normalized spacial score (nSPS) is 25.7. The summed E-state index contributed by atoms with van der Waals surface area (Å²) in [7, 11) is 0. The van der Waals surface area contributed by atoms with Gasteiger partial charge < -0.3 is 15.2 Å². The molecule has 23 heavy (non-hydrogen) atoms. The lowest BCUT2D eigenvalue weighted by Gasteiger charge is -2.57. The second kappa shape index (κ2) is 6.53. The smallest absolute Gasteiger partial charge is 0.224 e. The highest BCUT2D eigenvalue weighted by Gasteiger charge is 2.59. The highest BCUT2D eigenvalue weighted by atomic mass is 19.1. The number of benzene rings is 1. The summed E-state index contributed by atoms with van der Waals surface area (Å²) in [6, 6.07) is 3.47. The molecule has 0 aromatic heterocycles. The SMILES string of the molecule is CCO[C@@H]1C[C@@](O)(CNC(=O)Cc2c(F)cccc2F)C1(C)C. The summed E-state index contributed by atoms with van der Waals surface area (Å²) < 4.78 is 32.6. The number of ether oxygens (including phenoxy) is 1. The molecule has 2 N–H and O–H groups in total. The summed E-state index contributed by atoms with van der Waals surface area (Å²) in [5.41, 5.74) is -1.85. The van der Waals surface area contributed by atoms with E-state index in [2.05, 4.69) is 5.32 Å². The van der Waals surface area contributed by atoms with E-state index in [9.17, 15) is 18.7 Å². The van der Waals surface area contributed by atoms with Crippen LogP contribution in [0, 0.1) is 17.0 Å². The van der Waals surface area contributed by atoms with Crippen LogP contribution in [0.15, 0.2) is 18.2 Å². The lowest BCUT2D eigenvalue weighted by Crippen LogP contribution is -2.68. The second-order valence-electron chi connectivity index (χ2n) is 6.56. The first kappa shape index (κ1) is 17.8. The summed E-state index contributed by atoms with van der Waals surface area (Å²) in [5.74, 6) is -2.03. The maximum atomic E-state index is 13.5. The van der Waals surface area contributed by atoms with Gasteiger partial charge in [-0.3, -0.25) is 4.79 Å². The van der Waals surface area contributed by atoms with Gasteiger partial charge in [0.25, 0.3) is 0 Å². The Hall–Kier alpha value is -1.53. The van der Waals surface area contributed by atoms with Crippen molar-refractivity contribution < 1.29 is 23.4 Å². The number of nitrogens with one attached hydrogen (secondary N) is 1. The average Bonchev–Trinajstić information content (AvgIpc) is 2.49. The van der Waals surface area contributed by atoms with Crippen LogP contribution >= 0.6 is 0 Å². The average molecular weight is 327 g/mol. The Bertz CT molecular complexity index is 571. The van der Waals surface area contributed by atoms with Gasteiger partial charge in [0.1, 0.15) is 11.6 Å². The maximum absolute atomic E-state index is 13.5. The molecule has 1 aromatic rings. The lowest BCUT2D eigenvalue weighted by molar-refractivity contribution is -0.238. The third kappa shape index (κ3) is 3.38. The molecule has 128 valence electrons. The van der Waals surface area contributed by atoms with Gasteiger partial charge in [0, 0.05) is 30.6 Å². The molecule has 2 atom stereocenters. The monoisotopic (exact) mass is 327 g/mol. The Morgan fingerprint density at radius 2 is 2.00 bits per heavy atom. The van der Waals surface area contributed by atoms with Crippen LogP contribution in [0.4, 0.5) is 8.78 Å². The molecule has 1 amide bonds. The lowest BCUT2D eigenvalue weighted by atomic mass is 9.56. The Balaban J connectivity index is 1.93. The minimum absolute atomic E-state index is 0.0263. The number of carbonyl (C=O) groups excluding carboxylic acids is 1. The van der Waals surface area contributed by atoms with Crippen LogP contribution in [0.3, 0.4) is 0 Å². The first-order valence-electron chi connectivity index (χ1n) is 7.75. The molecule has 1 aliphatic carbocycles. The first-order valence-corrected chi connectivity index (χ1v) is 7.75. The second-order valence-corrected chi connectivity index (χ2v) is 6.56. The third-order valence-corrected chi connectivity index (χ3v) is 4.87. The Kier molecular flexibility index (Phi) is 5.06. The topological polar surface area (TPSA) is 58.6 Å². The summed E-state index contributed by atoms with van der Waals surface area (Å²) in [4.78, 5) is 11.9. The molecule has 1 saturated carbocycles. The third-order valence-electron chi connectivity index (χ3n) is 4.87. The van der Waals surface area contributed by atoms with E-state index in [4.69, 9.17) is 4.74 Å². The molecular weight excluding hydrogens is 304 g/mol. The minimum atomic E-state index is -1.09. The van der Waals surface area contributed by atoms with Crippen molar-refractivity contribution in [2.75, 3.05) is 13.2 Å². The van der Waals surface area contributed by atoms with Gasteiger partial charge >= 0.3 is 0 Å². The predicted molar refractivity (Wildman–Crippen MR) is 81.8 cm³/mol. The zero-order valence-electron chi connectivity index (χ0n) is 13.7. The standard InChI is InChI=1S/C17H23F2NO3/c1-4-23-14-9-17(22,16(14,2)3)10-20-15(21)8-11-12(18)6-5-7-13(11)19/h5-7,14,22H,4,8-10H2,1-3H3,(H,20,21)/t14-,17-/m1/s1. The maximum Gasteiger partial charge on any atom is 0.224 e. The van der Waals surface area contributed by atoms with Crippen LogP contribution < -0.4 is 5.32 Å². The number of hydrogen-bond donors (Lipinski definition) is 2. The van der Waals surface area contributed by atoms with Crippen LogP contribution in [0.2, 0.25) is 0 Å². The molecule has 1 aliphatic rings. The van der Waals surface area contributed by atoms with Crippen molar-refractivity contribution in [2.24, 2.45) is 5.41 Å². The number of rotatable bonds is 6. The fourth-order valence-electron chi connectivity index (χ4n) is 2.93. The summed E-state index contributed by atoms with van der Waals surface area (Å²) in [6.45, 7) is 6.22. The van der Waals surface area contributed by atoms with E-state index in [0.717, 1.165) is 12.1 Å². The van der Waals surface area contributed by atoms with Gasteiger partial charge in [0.05, 0.1) is 18.1 Å². The van der Waals surface area contributed by atoms with Crippen molar-refractivity contribution in [2.45, 2.75) is 45.3 Å². The van der Waals surface area contributed by atoms with Gasteiger partial charge in [-0.25, -0.2) is 8.78 Å². The number of amides is 1.